The first kappa shape index (κ1) is 13.5. The van der Waals surface area contributed by atoms with Gasteiger partial charge in [-0.2, -0.15) is 18.2 Å². The van der Waals surface area contributed by atoms with Crippen LogP contribution in [0.5, 0.6) is 0 Å². The molecule has 0 bridgehead atoms. The Bertz CT molecular complexity index is 376. The predicted molar refractivity (Wildman–Crippen MR) is 51.0 cm³/mol. The Kier molecular flexibility index (Phi) is 4.47. The van der Waals surface area contributed by atoms with Crippen molar-refractivity contribution in [3.05, 3.63) is 11.7 Å². The Hall–Kier alpha value is -1.60. The zero-order valence-electron chi connectivity index (χ0n) is 9.17. The fourth-order valence-corrected chi connectivity index (χ4v) is 1.13. The normalized spacial score (nSPS) is 11.5. The van der Waals surface area contributed by atoms with Crippen molar-refractivity contribution in [2.24, 2.45) is 0 Å². The van der Waals surface area contributed by atoms with Gasteiger partial charge in [0.25, 0.3) is 0 Å². The van der Waals surface area contributed by atoms with Gasteiger partial charge in [-0.15, -0.1) is 0 Å². The van der Waals surface area contributed by atoms with E-state index in [1.165, 1.54) is 0 Å². The summed E-state index contributed by atoms with van der Waals surface area (Å²) >= 11 is 0. The van der Waals surface area contributed by atoms with Crippen molar-refractivity contribution in [2.45, 2.75) is 32.4 Å². The number of nitrogens with zero attached hydrogens (tertiary/aromatic N) is 2. The maximum Gasteiger partial charge on any atom is 0.405 e. The molecule has 0 aliphatic carbocycles. The molecule has 0 aromatic carbocycles. The second kappa shape index (κ2) is 5.65. The van der Waals surface area contributed by atoms with Gasteiger partial charge in [-0.05, 0) is 13.3 Å². The van der Waals surface area contributed by atoms with E-state index in [1.807, 2.05) is 0 Å². The van der Waals surface area contributed by atoms with Gasteiger partial charge in [0.15, 0.2) is 5.82 Å². The van der Waals surface area contributed by atoms with Crippen molar-refractivity contribution >= 4 is 5.91 Å². The van der Waals surface area contributed by atoms with E-state index >= 15 is 0 Å². The van der Waals surface area contributed by atoms with E-state index in [-0.39, 0.29) is 6.42 Å². The molecule has 1 heterocycles. The molecule has 0 spiro atoms. The minimum absolute atomic E-state index is 0.00247. The number of carbonyl (C=O) groups is 1. The van der Waals surface area contributed by atoms with Crippen molar-refractivity contribution in [1.82, 2.24) is 15.5 Å². The molecule has 1 aromatic rings. The van der Waals surface area contributed by atoms with E-state index in [0.29, 0.717) is 24.6 Å². The van der Waals surface area contributed by atoms with Crippen LogP contribution in [0.3, 0.4) is 0 Å². The summed E-state index contributed by atoms with van der Waals surface area (Å²) in [5, 5.41) is 5.33. The lowest BCUT2D eigenvalue weighted by Gasteiger charge is -2.07. The lowest BCUT2D eigenvalue weighted by molar-refractivity contribution is -0.138. The molecule has 0 aliphatic rings. The maximum absolute atomic E-state index is 11.8. The van der Waals surface area contributed by atoms with Crippen LogP contribution in [0.15, 0.2) is 4.52 Å². The molecule has 1 N–H and O–H groups in total. The average molecular weight is 251 g/mol. The smallest absolute Gasteiger partial charge is 0.347 e. The van der Waals surface area contributed by atoms with E-state index in [2.05, 4.69) is 10.1 Å². The molecule has 1 rings (SSSR count). The van der Waals surface area contributed by atoms with Crippen LogP contribution in [0.2, 0.25) is 0 Å². The van der Waals surface area contributed by atoms with E-state index in [9.17, 15) is 18.0 Å². The Morgan fingerprint density at radius 1 is 1.47 bits per heavy atom. The quantitative estimate of drug-likeness (QED) is 0.858. The number of amides is 1. The Morgan fingerprint density at radius 2 is 2.18 bits per heavy atom. The fourth-order valence-electron chi connectivity index (χ4n) is 1.13. The molecule has 0 fully saturated rings. The van der Waals surface area contributed by atoms with Gasteiger partial charge in [0.2, 0.25) is 11.8 Å². The van der Waals surface area contributed by atoms with E-state index < -0.39 is 18.6 Å². The van der Waals surface area contributed by atoms with Crippen LogP contribution in [0.4, 0.5) is 13.2 Å². The van der Waals surface area contributed by atoms with Gasteiger partial charge in [-0.1, -0.05) is 5.16 Å². The van der Waals surface area contributed by atoms with Gasteiger partial charge in [-0.25, -0.2) is 0 Å². The topological polar surface area (TPSA) is 68.0 Å². The van der Waals surface area contributed by atoms with Gasteiger partial charge in [0, 0.05) is 12.8 Å². The number of rotatable bonds is 5. The van der Waals surface area contributed by atoms with Gasteiger partial charge < -0.3 is 9.84 Å². The van der Waals surface area contributed by atoms with Crippen LogP contribution < -0.4 is 5.32 Å². The van der Waals surface area contributed by atoms with Crippen molar-refractivity contribution in [1.29, 1.82) is 0 Å². The molecule has 0 radical (unpaired) electrons. The number of hydrogen-bond donors (Lipinski definition) is 1. The average Bonchev–Trinajstić information content (AvgIpc) is 2.60. The van der Waals surface area contributed by atoms with Gasteiger partial charge in [-0.3, -0.25) is 4.79 Å². The minimum Gasteiger partial charge on any atom is -0.347 e. The molecule has 17 heavy (non-hydrogen) atoms. The third-order valence-electron chi connectivity index (χ3n) is 1.85. The lowest BCUT2D eigenvalue weighted by atomic mass is 10.2. The van der Waals surface area contributed by atoms with Crippen LogP contribution in [0.1, 0.15) is 24.6 Å². The molecular formula is C9H12F3N3O2. The Morgan fingerprint density at radius 3 is 2.71 bits per heavy atom. The molecule has 1 aromatic heterocycles. The summed E-state index contributed by atoms with van der Waals surface area (Å²) in [6.07, 6.45) is -3.64. The zero-order valence-corrected chi connectivity index (χ0v) is 9.17. The standard InChI is InChI=1S/C9H12F3N3O2/c1-6-14-8(17-15-6)4-2-3-7(16)13-5-9(10,11)12/h2-5H2,1H3,(H,13,16). The van der Waals surface area contributed by atoms with Crippen LogP contribution >= 0.6 is 0 Å². The van der Waals surface area contributed by atoms with E-state index in [4.69, 9.17) is 4.52 Å². The molecule has 0 saturated carbocycles. The second-order valence-corrected chi connectivity index (χ2v) is 3.48. The number of nitrogens with one attached hydrogen (secondary N) is 1. The van der Waals surface area contributed by atoms with Gasteiger partial charge in [0.05, 0.1) is 0 Å². The number of aromatic nitrogens is 2. The second-order valence-electron chi connectivity index (χ2n) is 3.48. The number of halogens is 3. The first-order chi connectivity index (χ1) is 7.87. The molecule has 0 unspecified atom stereocenters. The highest BCUT2D eigenvalue weighted by Gasteiger charge is 2.27. The van der Waals surface area contributed by atoms with Crippen LogP contribution in [-0.4, -0.2) is 28.8 Å². The SMILES string of the molecule is Cc1noc(CCCC(=O)NCC(F)(F)F)n1. The van der Waals surface area contributed by atoms with Crippen LogP contribution in [0.25, 0.3) is 0 Å². The summed E-state index contributed by atoms with van der Waals surface area (Å²) in [5.74, 6) is 0.228. The first-order valence-corrected chi connectivity index (χ1v) is 4.99. The molecule has 96 valence electrons. The van der Waals surface area contributed by atoms with Crippen LogP contribution in [0, 0.1) is 6.92 Å². The fraction of sp³-hybridized carbons (Fsp3) is 0.667. The highest BCUT2D eigenvalue weighted by molar-refractivity contribution is 5.75. The third-order valence-corrected chi connectivity index (χ3v) is 1.85. The molecule has 8 heteroatoms. The van der Waals surface area contributed by atoms with Crippen molar-refractivity contribution < 1.29 is 22.5 Å². The van der Waals surface area contributed by atoms with Crippen molar-refractivity contribution in [3.63, 3.8) is 0 Å². The third kappa shape index (κ3) is 5.88. The van der Waals surface area contributed by atoms with Crippen LogP contribution in [-0.2, 0) is 11.2 Å². The summed E-state index contributed by atoms with van der Waals surface area (Å²) in [6, 6.07) is 0. The number of carbonyl (C=O) groups excluding carboxylic acids is 1. The summed E-state index contributed by atoms with van der Waals surface area (Å²) < 4.78 is 40.1. The Balaban J connectivity index is 2.16. The molecule has 0 aliphatic heterocycles. The van der Waals surface area contributed by atoms with E-state index in [1.54, 1.807) is 12.2 Å². The minimum atomic E-state index is -4.38. The number of aryl methyl sites for hydroxylation is 2. The number of hydrogen-bond acceptors (Lipinski definition) is 4. The largest absolute Gasteiger partial charge is 0.405 e. The van der Waals surface area contributed by atoms with Gasteiger partial charge in [0.1, 0.15) is 6.54 Å². The van der Waals surface area contributed by atoms with E-state index in [0.717, 1.165) is 0 Å². The van der Waals surface area contributed by atoms with Gasteiger partial charge >= 0.3 is 6.18 Å². The summed E-state index contributed by atoms with van der Waals surface area (Å²) in [5.41, 5.74) is 0. The molecular weight excluding hydrogens is 239 g/mol. The van der Waals surface area contributed by atoms with Crippen molar-refractivity contribution in [2.75, 3.05) is 6.54 Å². The lowest BCUT2D eigenvalue weighted by Crippen LogP contribution is -2.33. The summed E-state index contributed by atoms with van der Waals surface area (Å²) in [4.78, 5) is 14.9. The summed E-state index contributed by atoms with van der Waals surface area (Å²) in [7, 11) is 0. The highest BCUT2D eigenvalue weighted by atomic mass is 19.4. The van der Waals surface area contributed by atoms with Crippen molar-refractivity contribution in [3.8, 4) is 0 Å². The molecule has 1 amide bonds. The zero-order chi connectivity index (χ0) is 12.9. The summed E-state index contributed by atoms with van der Waals surface area (Å²) in [6.45, 7) is 0.356. The Labute approximate surface area is 95.4 Å². The monoisotopic (exact) mass is 251 g/mol. The molecule has 0 saturated heterocycles. The highest BCUT2D eigenvalue weighted by Crippen LogP contribution is 2.12. The molecule has 5 nitrogen and oxygen atoms in total. The molecule has 0 atom stereocenters. The first-order valence-electron chi connectivity index (χ1n) is 4.99. The number of alkyl halides is 3. The maximum atomic E-state index is 11.8. The predicted octanol–water partition coefficient (Wildman–Crippen LogP) is 1.38.